The van der Waals surface area contributed by atoms with Crippen LogP contribution in [0.4, 0.5) is 4.39 Å². The highest BCUT2D eigenvalue weighted by Gasteiger charge is 2.15. The van der Waals surface area contributed by atoms with Crippen LogP contribution in [-0.4, -0.2) is 20.2 Å². The number of nitrogens with zero attached hydrogens (tertiary/aromatic N) is 2. The van der Waals surface area contributed by atoms with Gasteiger partial charge in [-0.1, -0.05) is 55.6 Å². The van der Waals surface area contributed by atoms with Gasteiger partial charge >= 0.3 is 0 Å². The van der Waals surface area contributed by atoms with Crippen molar-refractivity contribution < 1.29 is 4.39 Å². The van der Waals surface area contributed by atoms with Crippen LogP contribution >= 0.6 is 0 Å². The molecule has 0 bridgehead atoms. The van der Waals surface area contributed by atoms with Crippen LogP contribution in [0.5, 0.6) is 0 Å². The molecule has 3 aromatic carbocycles. The molecule has 3 N–H and O–H groups in total. The van der Waals surface area contributed by atoms with E-state index in [-0.39, 0.29) is 5.82 Å². The van der Waals surface area contributed by atoms with E-state index in [1.54, 1.807) is 24.4 Å². The fraction of sp³-hybridized carbons (Fsp3) is 0.0286. The number of halogens is 1. The van der Waals surface area contributed by atoms with Crippen LogP contribution < -0.4 is 5.32 Å². The fourth-order valence-electron chi connectivity index (χ4n) is 4.95. The van der Waals surface area contributed by atoms with Gasteiger partial charge in [0.25, 0.3) is 0 Å². The van der Waals surface area contributed by atoms with Gasteiger partial charge in [0, 0.05) is 39.4 Å². The van der Waals surface area contributed by atoms with Gasteiger partial charge in [0.1, 0.15) is 11.5 Å². The van der Waals surface area contributed by atoms with Gasteiger partial charge in [0.2, 0.25) is 0 Å². The summed E-state index contributed by atoms with van der Waals surface area (Å²) in [5.74, 6) is -0.276. The molecule has 3 aromatic heterocycles. The van der Waals surface area contributed by atoms with E-state index in [0.717, 1.165) is 72.5 Å². The zero-order valence-corrected chi connectivity index (χ0v) is 22.6. The van der Waals surface area contributed by atoms with E-state index < -0.39 is 0 Å². The second-order valence-electron chi connectivity index (χ2n) is 9.66. The van der Waals surface area contributed by atoms with Gasteiger partial charge in [0.15, 0.2) is 0 Å². The summed E-state index contributed by atoms with van der Waals surface area (Å²) in [7, 11) is 0. The highest BCUT2D eigenvalue weighted by atomic mass is 19.1. The molecule has 0 atom stereocenters. The van der Waals surface area contributed by atoms with Crippen LogP contribution in [0.1, 0.15) is 18.1 Å². The Bertz CT molecular complexity index is 1960. The lowest BCUT2D eigenvalue weighted by Crippen LogP contribution is -2.09. The van der Waals surface area contributed by atoms with Crippen LogP contribution in [0.15, 0.2) is 128 Å². The van der Waals surface area contributed by atoms with Crippen molar-refractivity contribution in [3.8, 4) is 22.6 Å². The molecule has 0 spiro atoms. The molecule has 41 heavy (non-hydrogen) atoms. The number of rotatable bonds is 8. The molecule has 0 aliphatic rings. The second kappa shape index (κ2) is 10.9. The van der Waals surface area contributed by atoms with Crippen molar-refractivity contribution in [1.29, 1.82) is 0 Å². The first-order valence-electron chi connectivity index (χ1n) is 13.3. The van der Waals surface area contributed by atoms with E-state index in [1.807, 2.05) is 49.4 Å². The molecule has 6 heteroatoms. The molecule has 0 saturated carbocycles. The van der Waals surface area contributed by atoms with Crippen LogP contribution in [0.2, 0.25) is 0 Å². The maximum atomic E-state index is 13.5. The van der Waals surface area contributed by atoms with Crippen molar-refractivity contribution in [2.75, 3.05) is 0 Å². The first-order valence-corrected chi connectivity index (χ1v) is 13.3. The highest BCUT2D eigenvalue weighted by Crippen LogP contribution is 2.34. The molecular weight excluding hydrogens is 509 g/mol. The third kappa shape index (κ3) is 5.11. The van der Waals surface area contributed by atoms with Gasteiger partial charge in [0.05, 0.1) is 16.9 Å². The summed E-state index contributed by atoms with van der Waals surface area (Å²) in [6, 6.07) is 26.6. The number of benzene rings is 3. The van der Waals surface area contributed by atoms with Crippen molar-refractivity contribution >= 4 is 33.1 Å². The standard InChI is InChI=1S/C35H28FN5/c1-4-23(19-28(5-2)38-22(3)24-9-7-6-8-10-24)26-13-16-32-29(20-26)35(41-40-32)33-21-30-31(39-33)17-18-37-34(30)25-11-14-27(36)15-12-25/h4-21,38-39H,2-3H2,1H3,(H,40,41)/b23-4+,28-19+. The number of H-pyrrole nitrogens is 2. The smallest absolute Gasteiger partial charge is 0.123 e. The lowest BCUT2D eigenvalue weighted by molar-refractivity contribution is 0.628. The Kier molecular flexibility index (Phi) is 6.88. The lowest BCUT2D eigenvalue weighted by atomic mass is 10.0. The van der Waals surface area contributed by atoms with Crippen LogP contribution in [-0.2, 0) is 0 Å². The predicted molar refractivity (Wildman–Crippen MR) is 167 cm³/mol. The van der Waals surface area contributed by atoms with Crippen molar-refractivity contribution in [2.45, 2.75) is 6.92 Å². The quantitative estimate of drug-likeness (QED) is 0.170. The maximum absolute atomic E-state index is 13.5. The fourth-order valence-corrected chi connectivity index (χ4v) is 4.95. The van der Waals surface area contributed by atoms with E-state index in [0.29, 0.717) is 0 Å². The zero-order valence-electron chi connectivity index (χ0n) is 22.6. The molecule has 0 aliphatic heterocycles. The van der Waals surface area contributed by atoms with E-state index in [4.69, 9.17) is 0 Å². The minimum absolute atomic E-state index is 0.276. The van der Waals surface area contributed by atoms with Gasteiger partial charge in [-0.15, -0.1) is 0 Å². The normalized spacial score (nSPS) is 12.1. The van der Waals surface area contributed by atoms with Crippen LogP contribution in [0.3, 0.4) is 0 Å². The van der Waals surface area contributed by atoms with Gasteiger partial charge < -0.3 is 10.3 Å². The number of aromatic amines is 2. The molecule has 6 aromatic rings. The summed E-state index contributed by atoms with van der Waals surface area (Å²) < 4.78 is 13.5. The summed E-state index contributed by atoms with van der Waals surface area (Å²) in [4.78, 5) is 8.08. The molecule has 0 aliphatic carbocycles. The molecule has 0 amide bonds. The van der Waals surface area contributed by atoms with E-state index in [9.17, 15) is 4.39 Å². The number of nitrogens with one attached hydrogen (secondary N) is 3. The number of hydrogen-bond acceptors (Lipinski definition) is 3. The second-order valence-corrected chi connectivity index (χ2v) is 9.66. The topological polar surface area (TPSA) is 69.4 Å². The van der Waals surface area contributed by atoms with Gasteiger partial charge in [-0.25, -0.2) is 4.39 Å². The third-order valence-corrected chi connectivity index (χ3v) is 7.08. The van der Waals surface area contributed by atoms with Crippen LogP contribution in [0.25, 0.3) is 55.7 Å². The molecule has 0 unspecified atom stereocenters. The number of aromatic nitrogens is 4. The van der Waals surface area contributed by atoms with Crippen molar-refractivity contribution in [3.05, 3.63) is 145 Å². The molecule has 0 saturated heterocycles. The molecule has 3 heterocycles. The first-order chi connectivity index (χ1) is 20.0. The SMILES string of the molecule is C=C/C(=C\C(=C/C)c1ccc2[nH]nc(-c3cc4c(-c5ccc(F)cc5)nccc4[nH]3)c2c1)NC(=C)c1ccccc1. The number of fused-ring (bicyclic) bond motifs is 2. The van der Waals surface area contributed by atoms with Gasteiger partial charge in [-0.2, -0.15) is 5.10 Å². The summed E-state index contributed by atoms with van der Waals surface area (Å²) in [6.07, 6.45) is 7.67. The molecule has 5 nitrogen and oxygen atoms in total. The van der Waals surface area contributed by atoms with E-state index >= 15 is 0 Å². The Hall–Kier alpha value is -5.49. The number of hydrogen-bond donors (Lipinski definition) is 3. The Morgan fingerprint density at radius 3 is 2.41 bits per heavy atom. The summed E-state index contributed by atoms with van der Waals surface area (Å²) in [6.45, 7) is 10.2. The summed E-state index contributed by atoms with van der Waals surface area (Å²) in [5, 5.41) is 13.1. The third-order valence-electron chi connectivity index (χ3n) is 7.08. The molecule has 200 valence electrons. The number of pyridine rings is 1. The summed E-state index contributed by atoms with van der Waals surface area (Å²) in [5.41, 5.74) is 9.90. The van der Waals surface area contributed by atoms with E-state index in [2.05, 4.69) is 69.0 Å². The molecule has 0 radical (unpaired) electrons. The van der Waals surface area contributed by atoms with Crippen molar-refractivity contribution in [3.63, 3.8) is 0 Å². The molecular formula is C35H28FN5. The average Bonchev–Trinajstić information content (AvgIpc) is 3.64. The Morgan fingerprint density at radius 1 is 0.878 bits per heavy atom. The largest absolute Gasteiger partial charge is 0.356 e. The minimum Gasteiger partial charge on any atom is -0.356 e. The van der Waals surface area contributed by atoms with Crippen LogP contribution in [0, 0.1) is 5.82 Å². The Balaban J connectivity index is 1.36. The Morgan fingerprint density at radius 2 is 1.66 bits per heavy atom. The first kappa shape index (κ1) is 25.8. The lowest BCUT2D eigenvalue weighted by Gasteiger charge is -2.12. The van der Waals surface area contributed by atoms with E-state index in [1.165, 1.54) is 12.1 Å². The van der Waals surface area contributed by atoms with Gasteiger partial charge in [-0.3, -0.25) is 10.1 Å². The van der Waals surface area contributed by atoms with Crippen molar-refractivity contribution in [1.82, 2.24) is 25.5 Å². The maximum Gasteiger partial charge on any atom is 0.123 e. The number of allylic oxidation sites excluding steroid dienone is 4. The molecule has 6 rings (SSSR count). The minimum atomic E-state index is -0.276. The monoisotopic (exact) mass is 537 g/mol. The average molecular weight is 538 g/mol. The van der Waals surface area contributed by atoms with Gasteiger partial charge in [-0.05, 0) is 84.3 Å². The Labute approximate surface area is 237 Å². The predicted octanol–water partition coefficient (Wildman–Crippen LogP) is 8.65. The summed E-state index contributed by atoms with van der Waals surface area (Å²) >= 11 is 0. The van der Waals surface area contributed by atoms with Crippen molar-refractivity contribution in [2.24, 2.45) is 0 Å². The zero-order chi connectivity index (χ0) is 28.3. The molecule has 0 fully saturated rings. The highest BCUT2D eigenvalue weighted by molar-refractivity contribution is 6.00.